The Kier molecular flexibility index (Phi) is 4.96. The number of likely N-dealkylation sites (tertiary alicyclic amines) is 1. The number of hydrogen-bond acceptors (Lipinski definition) is 4. The van der Waals surface area contributed by atoms with Crippen LogP contribution in [-0.4, -0.2) is 35.2 Å². The molecule has 2 aliphatic heterocycles. The third kappa shape index (κ3) is 3.04. The molecule has 1 fully saturated rings. The minimum absolute atomic E-state index is 0.0969. The van der Waals surface area contributed by atoms with Crippen LogP contribution in [0.5, 0.6) is 0 Å². The number of carbonyl (C=O) groups is 2. The largest absolute Gasteiger partial charge is 0.324 e. The number of Topliss-reactive ketones (excluding diaryl/α,β-unsaturated/α-hetero) is 1. The number of nitrogens with one attached hydrogen (secondary N) is 1. The molecule has 0 saturated carbocycles. The number of fused-ring (bicyclic) bond motifs is 2. The van der Waals surface area contributed by atoms with Crippen LogP contribution in [0.2, 0.25) is 5.02 Å². The second-order valence-electron chi connectivity index (χ2n) is 8.03. The fraction of sp³-hybridized carbons (Fsp3) is 0.208. The monoisotopic (exact) mass is 495 g/mol. The van der Waals surface area contributed by atoms with E-state index in [9.17, 15) is 9.59 Å². The number of likely N-dealkylation sites (N-methyl/N-ethyl adjacent to an activating group) is 1. The van der Waals surface area contributed by atoms with Crippen molar-refractivity contribution in [1.82, 2.24) is 9.88 Å². The number of hydrogen-bond donors (Lipinski definition) is 1. The van der Waals surface area contributed by atoms with Crippen molar-refractivity contribution in [3.63, 3.8) is 0 Å². The first kappa shape index (κ1) is 20.4. The zero-order valence-corrected chi connectivity index (χ0v) is 19.0. The summed E-state index contributed by atoms with van der Waals surface area (Å²) < 4.78 is 0.859. The molecule has 1 amide bonds. The fourth-order valence-electron chi connectivity index (χ4n) is 5.11. The molecule has 1 saturated heterocycles. The summed E-state index contributed by atoms with van der Waals surface area (Å²) in [4.78, 5) is 33.7. The first-order chi connectivity index (χ1) is 14.9. The highest BCUT2D eigenvalue weighted by molar-refractivity contribution is 9.10. The van der Waals surface area contributed by atoms with Gasteiger partial charge in [-0.15, -0.1) is 0 Å². The van der Waals surface area contributed by atoms with Gasteiger partial charge in [0.15, 0.2) is 5.78 Å². The molecule has 3 heterocycles. The molecule has 31 heavy (non-hydrogen) atoms. The summed E-state index contributed by atoms with van der Waals surface area (Å²) in [5.74, 6) is -1.09. The summed E-state index contributed by atoms with van der Waals surface area (Å²) in [6, 6.07) is 16.8. The molecule has 0 aliphatic carbocycles. The number of halogens is 2. The van der Waals surface area contributed by atoms with Crippen LogP contribution in [0.4, 0.5) is 5.69 Å². The highest BCUT2D eigenvalue weighted by Crippen LogP contribution is 2.56. The van der Waals surface area contributed by atoms with Crippen molar-refractivity contribution in [1.29, 1.82) is 0 Å². The third-order valence-corrected chi connectivity index (χ3v) is 7.18. The lowest BCUT2D eigenvalue weighted by Gasteiger charge is -2.35. The van der Waals surface area contributed by atoms with Gasteiger partial charge >= 0.3 is 0 Å². The Morgan fingerprint density at radius 2 is 2.00 bits per heavy atom. The molecule has 3 aromatic rings. The summed E-state index contributed by atoms with van der Waals surface area (Å²) >= 11 is 9.65. The number of rotatable bonds is 3. The van der Waals surface area contributed by atoms with E-state index in [4.69, 9.17) is 11.6 Å². The van der Waals surface area contributed by atoms with Crippen LogP contribution >= 0.6 is 27.5 Å². The molecule has 0 radical (unpaired) electrons. The summed E-state index contributed by atoms with van der Waals surface area (Å²) in [7, 11) is 1.91. The van der Waals surface area contributed by atoms with Gasteiger partial charge in [0.2, 0.25) is 5.91 Å². The van der Waals surface area contributed by atoms with Gasteiger partial charge in [0.05, 0.1) is 5.92 Å². The molecule has 0 unspecified atom stereocenters. The Morgan fingerprint density at radius 3 is 2.71 bits per heavy atom. The predicted molar refractivity (Wildman–Crippen MR) is 123 cm³/mol. The topological polar surface area (TPSA) is 62.3 Å². The average Bonchev–Trinajstić information content (AvgIpc) is 3.24. The predicted octanol–water partition coefficient (Wildman–Crippen LogP) is 4.87. The van der Waals surface area contributed by atoms with Gasteiger partial charge in [-0.3, -0.25) is 19.5 Å². The Labute approximate surface area is 193 Å². The molecule has 1 spiro atoms. The number of aromatic nitrogens is 1. The minimum Gasteiger partial charge on any atom is -0.324 e. The molecule has 7 heteroatoms. The van der Waals surface area contributed by atoms with E-state index in [0.29, 0.717) is 17.1 Å². The van der Waals surface area contributed by atoms with Crippen LogP contribution in [-0.2, 0) is 10.3 Å². The van der Waals surface area contributed by atoms with Crippen molar-refractivity contribution in [2.45, 2.75) is 11.5 Å². The van der Waals surface area contributed by atoms with Crippen molar-refractivity contribution >= 4 is 44.9 Å². The van der Waals surface area contributed by atoms with Crippen molar-refractivity contribution in [2.75, 3.05) is 18.9 Å². The molecular formula is C24H19BrClN3O2. The Morgan fingerprint density at radius 1 is 1.23 bits per heavy atom. The van der Waals surface area contributed by atoms with Gasteiger partial charge in [0.1, 0.15) is 5.54 Å². The van der Waals surface area contributed by atoms with Crippen LogP contribution < -0.4 is 5.32 Å². The lowest BCUT2D eigenvalue weighted by Crippen LogP contribution is -2.51. The molecular weight excluding hydrogens is 478 g/mol. The summed E-state index contributed by atoms with van der Waals surface area (Å²) in [6.07, 6.45) is 3.21. The van der Waals surface area contributed by atoms with Crippen LogP contribution in [0.3, 0.4) is 0 Å². The summed E-state index contributed by atoms with van der Waals surface area (Å²) in [6.45, 7) is 0.553. The second-order valence-corrected chi connectivity index (χ2v) is 9.38. The van der Waals surface area contributed by atoms with E-state index in [-0.39, 0.29) is 17.6 Å². The number of carbonyl (C=O) groups excluding carboxylic acids is 2. The van der Waals surface area contributed by atoms with E-state index < -0.39 is 11.5 Å². The normalized spacial score (nSPS) is 24.9. The summed E-state index contributed by atoms with van der Waals surface area (Å²) in [5, 5.41) is 3.65. The maximum atomic E-state index is 14.0. The van der Waals surface area contributed by atoms with Gasteiger partial charge in [-0.2, -0.15) is 0 Å². The maximum Gasteiger partial charge on any atom is 0.250 e. The molecule has 156 valence electrons. The first-order valence-electron chi connectivity index (χ1n) is 9.95. The molecule has 5 nitrogen and oxygen atoms in total. The second kappa shape index (κ2) is 7.55. The lowest BCUT2D eigenvalue weighted by atomic mass is 9.70. The first-order valence-corrected chi connectivity index (χ1v) is 11.1. The van der Waals surface area contributed by atoms with Gasteiger partial charge < -0.3 is 5.32 Å². The van der Waals surface area contributed by atoms with Crippen molar-refractivity contribution in [3.05, 3.63) is 93.2 Å². The van der Waals surface area contributed by atoms with Crippen molar-refractivity contribution in [3.8, 4) is 0 Å². The van der Waals surface area contributed by atoms with E-state index in [0.717, 1.165) is 21.3 Å². The Balaban J connectivity index is 1.74. The van der Waals surface area contributed by atoms with Crippen LogP contribution in [0, 0.1) is 5.92 Å². The van der Waals surface area contributed by atoms with E-state index >= 15 is 0 Å². The van der Waals surface area contributed by atoms with Crippen LogP contribution in [0.1, 0.15) is 27.4 Å². The third-order valence-electron chi connectivity index (χ3n) is 6.44. The molecule has 5 rings (SSSR count). The van der Waals surface area contributed by atoms with E-state index in [1.807, 2.05) is 54.4 Å². The molecule has 1 N–H and O–H groups in total. The van der Waals surface area contributed by atoms with E-state index in [1.165, 1.54) is 0 Å². The zero-order valence-electron chi connectivity index (χ0n) is 16.7. The Bertz CT molecular complexity index is 1190. The number of anilines is 1. The quantitative estimate of drug-likeness (QED) is 0.525. The number of benzene rings is 2. The van der Waals surface area contributed by atoms with Crippen molar-refractivity contribution in [2.24, 2.45) is 5.92 Å². The highest BCUT2D eigenvalue weighted by Gasteiger charge is 2.64. The average molecular weight is 497 g/mol. The maximum absolute atomic E-state index is 14.0. The number of pyridine rings is 1. The van der Waals surface area contributed by atoms with Crippen LogP contribution in [0.15, 0.2) is 71.5 Å². The number of ketones is 1. The molecule has 1 aromatic heterocycles. The Hall–Kier alpha value is -2.54. The van der Waals surface area contributed by atoms with Gasteiger partial charge in [-0.25, -0.2) is 0 Å². The fourth-order valence-corrected chi connectivity index (χ4v) is 5.60. The SMILES string of the molecule is CN1C[C@H](c2ccc(Cl)cc2)[C@H](C(=O)c2cccnc2)[C@]12C(=O)Nc1ccc(Br)cc12. The van der Waals surface area contributed by atoms with Gasteiger partial charge in [0, 0.05) is 51.2 Å². The molecule has 0 bridgehead atoms. The number of nitrogens with zero attached hydrogens (tertiary/aromatic N) is 2. The summed E-state index contributed by atoms with van der Waals surface area (Å²) in [5.41, 5.74) is 1.91. The van der Waals surface area contributed by atoms with Gasteiger partial charge in [-0.05, 0) is 55.1 Å². The molecule has 3 atom stereocenters. The van der Waals surface area contributed by atoms with Crippen molar-refractivity contribution < 1.29 is 9.59 Å². The highest BCUT2D eigenvalue weighted by atomic mass is 79.9. The molecule has 2 aromatic carbocycles. The number of amides is 1. The van der Waals surface area contributed by atoms with E-state index in [1.54, 1.807) is 24.5 Å². The molecule has 2 aliphatic rings. The lowest BCUT2D eigenvalue weighted by molar-refractivity contribution is -0.126. The van der Waals surface area contributed by atoms with Crippen LogP contribution in [0.25, 0.3) is 0 Å². The zero-order chi connectivity index (χ0) is 21.8. The smallest absolute Gasteiger partial charge is 0.250 e. The van der Waals surface area contributed by atoms with Gasteiger partial charge in [0.25, 0.3) is 0 Å². The standard InChI is InChI=1S/C24H19BrClN3O2/c1-29-13-18(14-4-7-17(26)8-5-14)21(22(30)15-3-2-10-27-12-15)24(29)19-11-16(25)6-9-20(19)28-23(24)31/h2-12,18,21H,13H2,1H3,(H,28,31)/t18-,21-,24-/m1/s1. The van der Waals surface area contributed by atoms with E-state index in [2.05, 4.69) is 26.2 Å². The van der Waals surface area contributed by atoms with Gasteiger partial charge in [-0.1, -0.05) is 39.7 Å². The minimum atomic E-state index is -1.11.